The fraction of sp³-hybridized carbons (Fsp3) is 0.150. The van der Waals surface area contributed by atoms with Gasteiger partial charge in [0.25, 0.3) is 5.91 Å². The van der Waals surface area contributed by atoms with Crippen LogP contribution in [0.25, 0.3) is 11.4 Å². The summed E-state index contributed by atoms with van der Waals surface area (Å²) in [6, 6.07) is 15.2. The van der Waals surface area contributed by atoms with E-state index in [9.17, 15) is 4.79 Å². The van der Waals surface area contributed by atoms with Crippen LogP contribution < -0.4 is 5.32 Å². The normalized spacial score (nSPS) is 10.4. The van der Waals surface area contributed by atoms with Crippen molar-refractivity contribution in [3.05, 3.63) is 77.6 Å². The van der Waals surface area contributed by atoms with E-state index in [1.807, 2.05) is 49.4 Å². The molecule has 2 heterocycles. The molecule has 0 atom stereocenters. The first-order valence-electron chi connectivity index (χ1n) is 7.95. The summed E-state index contributed by atoms with van der Waals surface area (Å²) < 4.78 is 0. The van der Waals surface area contributed by atoms with Gasteiger partial charge in [0.1, 0.15) is 0 Å². The number of benzene rings is 1. The fourth-order valence-electron chi connectivity index (χ4n) is 2.42. The van der Waals surface area contributed by atoms with Crippen LogP contribution in [0.1, 0.15) is 28.4 Å². The summed E-state index contributed by atoms with van der Waals surface area (Å²) in [6.07, 6.45) is 4.39. The molecule has 0 bridgehead atoms. The third kappa shape index (κ3) is 3.66. The van der Waals surface area contributed by atoms with Crippen molar-refractivity contribution in [3.63, 3.8) is 0 Å². The quantitative estimate of drug-likeness (QED) is 0.782. The molecule has 0 spiro atoms. The fourth-order valence-corrected chi connectivity index (χ4v) is 2.42. The highest BCUT2D eigenvalue weighted by Gasteiger charge is 2.08. The molecular formula is C20H19N3O. The molecule has 1 N–H and O–H groups in total. The zero-order valence-electron chi connectivity index (χ0n) is 13.8. The summed E-state index contributed by atoms with van der Waals surface area (Å²) in [5.74, 6) is -0.132. The van der Waals surface area contributed by atoms with Crippen molar-refractivity contribution in [1.82, 2.24) is 9.97 Å². The summed E-state index contributed by atoms with van der Waals surface area (Å²) in [5.41, 5.74) is 5.19. The Hall–Kier alpha value is -3.01. The lowest BCUT2D eigenvalue weighted by Gasteiger charge is -2.08. The Morgan fingerprint density at radius 3 is 2.29 bits per heavy atom. The molecule has 120 valence electrons. The van der Waals surface area contributed by atoms with Crippen LogP contribution in [0.3, 0.4) is 0 Å². The van der Waals surface area contributed by atoms with E-state index in [1.54, 1.807) is 18.5 Å². The van der Waals surface area contributed by atoms with E-state index < -0.39 is 0 Å². The SMILES string of the molecule is CCc1ccc(C(=O)Nc2ccnc(-c3cc(C)ccn3)c2)cc1. The Balaban J connectivity index is 1.80. The first kappa shape index (κ1) is 15.9. The Bertz CT molecular complexity index is 857. The maximum absolute atomic E-state index is 12.4. The van der Waals surface area contributed by atoms with Gasteiger partial charge in [0.05, 0.1) is 11.4 Å². The molecule has 0 unspecified atom stereocenters. The van der Waals surface area contributed by atoms with Gasteiger partial charge in [0, 0.05) is 23.6 Å². The number of rotatable bonds is 4. The minimum absolute atomic E-state index is 0.132. The average Bonchev–Trinajstić information content (AvgIpc) is 2.62. The number of aromatic nitrogens is 2. The summed E-state index contributed by atoms with van der Waals surface area (Å²) in [7, 11) is 0. The van der Waals surface area contributed by atoms with Crippen LogP contribution in [0.2, 0.25) is 0 Å². The molecule has 24 heavy (non-hydrogen) atoms. The van der Waals surface area contributed by atoms with Gasteiger partial charge in [-0.25, -0.2) is 0 Å². The van der Waals surface area contributed by atoms with Crippen molar-refractivity contribution in [1.29, 1.82) is 0 Å². The molecule has 0 aliphatic rings. The maximum atomic E-state index is 12.4. The summed E-state index contributed by atoms with van der Waals surface area (Å²) in [5, 5.41) is 2.91. The number of carbonyl (C=O) groups excluding carboxylic acids is 1. The molecule has 1 amide bonds. The van der Waals surface area contributed by atoms with Gasteiger partial charge in [-0.15, -0.1) is 0 Å². The van der Waals surface area contributed by atoms with E-state index in [2.05, 4.69) is 22.2 Å². The van der Waals surface area contributed by atoms with E-state index in [1.165, 1.54) is 5.56 Å². The average molecular weight is 317 g/mol. The van der Waals surface area contributed by atoms with Crippen molar-refractivity contribution < 1.29 is 4.79 Å². The molecule has 0 saturated carbocycles. The van der Waals surface area contributed by atoms with Crippen LogP contribution in [0.4, 0.5) is 5.69 Å². The van der Waals surface area contributed by atoms with Crippen molar-refractivity contribution in [2.24, 2.45) is 0 Å². The number of carbonyl (C=O) groups is 1. The van der Waals surface area contributed by atoms with Crippen molar-refractivity contribution in [2.75, 3.05) is 5.32 Å². The number of nitrogens with zero attached hydrogens (tertiary/aromatic N) is 2. The second-order valence-corrected chi connectivity index (χ2v) is 5.65. The number of aryl methyl sites for hydroxylation is 2. The molecule has 4 nitrogen and oxygen atoms in total. The minimum Gasteiger partial charge on any atom is -0.322 e. The lowest BCUT2D eigenvalue weighted by molar-refractivity contribution is 0.102. The summed E-state index contributed by atoms with van der Waals surface area (Å²) in [6.45, 7) is 4.10. The number of amides is 1. The van der Waals surface area contributed by atoms with Gasteiger partial charge < -0.3 is 5.32 Å². The monoisotopic (exact) mass is 317 g/mol. The highest BCUT2D eigenvalue weighted by Crippen LogP contribution is 2.19. The van der Waals surface area contributed by atoms with Crippen molar-refractivity contribution >= 4 is 11.6 Å². The predicted molar refractivity (Wildman–Crippen MR) is 96.0 cm³/mol. The van der Waals surface area contributed by atoms with E-state index in [-0.39, 0.29) is 5.91 Å². The summed E-state index contributed by atoms with van der Waals surface area (Å²) in [4.78, 5) is 21.0. The van der Waals surface area contributed by atoms with E-state index in [0.29, 0.717) is 11.3 Å². The molecule has 0 aliphatic carbocycles. The number of hydrogen-bond acceptors (Lipinski definition) is 3. The lowest BCUT2D eigenvalue weighted by Crippen LogP contribution is -2.12. The molecule has 0 saturated heterocycles. The van der Waals surface area contributed by atoms with Crippen LogP contribution in [-0.2, 0) is 6.42 Å². The largest absolute Gasteiger partial charge is 0.322 e. The molecule has 0 radical (unpaired) electrons. The zero-order chi connectivity index (χ0) is 16.9. The predicted octanol–water partition coefficient (Wildman–Crippen LogP) is 4.27. The molecule has 2 aromatic heterocycles. The zero-order valence-corrected chi connectivity index (χ0v) is 13.8. The molecule has 4 heteroatoms. The lowest BCUT2D eigenvalue weighted by atomic mass is 10.1. The molecule has 0 fully saturated rings. The van der Waals surface area contributed by atoms with Crippen LogP contribution in [-0.4, -0.2) is 15.9 Å². The van der Waals surface area contributed by atoms with E-state index >= 15 is 0 Å². The van der Waals surface area contributed by atoms with Crippen LogP contribution in [0.15, 0.2) is 60.9 Å². The topological polar surface area (TPSA) is 54.9 Å². The van der Waals surface area contributed by atoms with Crippen molar-refractivity contribution in [2.45, 2.75) is 20.3 Å². The molecule has 1 aromatic carbocycles. The second-order valence-electron chi connectivity index (χ2n) is 5.65. The smallest absolute Gasteiger partial charge is 0.255 e. The first-order chi connectivity index (χ1) is 11.7. The van der Waals surface area contributed by atoms with Gasteiger partial charge in [-0.1, -0.05) is 19.1 Å². The third-order valence-electron chi connectivity index (χ3n) is 3.82. The third-order valence-corrected chi connectivity index (χ3v) is 3.82. The number of pyridine rings is 2. The van der Waals surface area contributed by atoms with Crippen LogP contribution >= 0.6 is 0 Å². The van der Waals surface area contributed by atoms with E-state index in [0.717, 1.165) is 23.4 Å². The minimum atomic E-state index is -0.132. The van der Waals surface area contributed by atoms with Crippen LogP contribution in [0, 0.1) is 6.92 Å². The maximum Gasteiger partial charge on any atom is 0.255 e. The van der Waals surface area contributed by atoms with Gasteiger partial charge in [-0.05, 0) is 60.9 Å². The highest BCUT2D eigenvalue weighted by molar-refractivity contribution is 6.04. The molecule has 3 rings (SSSR count). The number of nitrogens with one attached hydrogen (secondary N) is 1. The number of hydrogen-bond donors (Lipinski definition) is 1. The molecule has 0 aliphatic heterocycles. The Morgan fingerprint density at radius 1 is 0.958 bits per heavy atom. The molecule has 3 aromatic rings. The van der Waals surface area contributed by atoms with Crippen LogP contribution in [0.5, 0.6) is 0 Å². The number of anilines is 1. The summed E-state index contributed by atoms with van der Waals surface area (Å²) >= 11 is 0. The Labute approximate surface area is 141 Å². The van der Waals surface area contributed by atoms with Gasteiger partial charge >= 0.3 is 0 Å². The van der Waals surface area contributed by atoms with Gasteiger partial charge in [0.15, 0.2) is 0 Å². The molecular weight excluding hydrogens is 298 g/mol. The van der Waals surface area contributed by atoms with Crippen molar-refractivity contribution in [3.8, 4) is 11.4 Å². The van der Waals surface area contributed by atoms with Gasteiger partial charge in [-0.3, -0.25) is 14.8 Å². The standard InChI is InChI=1S/C20H19N3O/c1-3-15-4-6-16(7-5-15)20(24)23-17-9-11-22-19(13-17)18-12-14(2)8-10-21-18/h4-13H,3H2,1-2H3,(H,22,23,24). The Kier molecular flexibility index (Phi) is 4.66. The Morgan fingerprint density at radius 2 is 1.62 bits per heavy atom. The highest BCUT2D eigenvalue weighted by atomic mass is 16.1. The first-order valence-corrected chi connectivity index (χ1v) is 7.95. The van der Waals surface area contributed by atoms with Gasteiger partial charge in [-0.2, -0.15) is 0 Å². The van der Waals surface area contributed by atoms with E-state index in [4.69, 9.17) is 0 Å². The second kappa shape index (κ2) is 7.04. The van der Waals surface area contributed by atoms with Gasteiger partial charge in [0.2, 0.25) is 0 Å².